The molecule has 1 atom stereocenters. The Kier molecular flexibility index (Phi) is 14.4. The smallest absolute Gasteiger partial charge is 0.407 e. The Balaban J connectivity index is 1.78. The number of nitrogens with one attached hydrogen (secondary N) is 4. The van der Waals surface area contributed by atoms with E-state index in [0.717, 1.165) is 28.8 Å². The number of hydrogen-bond donors (Lipinski definition) is 6. The number of amides is 4. The number of carbonyl (C=O) groups excluding carboxylic acids is 4. The third-order valence-electron chi connectivity index (χ3n) is 7.02. The summed E-state index contributed by atoms with van der Waals surface area (Å²) in [6.45, 7) is 4.37. The highest BCUT2D eigenvalue weighted by atomic mass is 16.7. The first-order valence-electron chi connectivity index (χ1n) is 16.0. The molecule has 3 rings (SSSR count). The number of carbonyl (C=O) groups is 6. The Labute approximate surface area is 301 Å². The van der Waals surface area contributed by atoms with Crippen LogP contribution in [0.4, 0.5) is 4.79 Å². The Hall–Kier alpha value is -6.50. The van der Waals surface area contributed by atoms with Gasteiger partial charge in [-0.05, 0) is 50.6 Å². The summed E-state index contributed by atoms with van der Waals surface area (Å²) in [6.07, 6.45) is -0.638. The maximum Gasteiger partial charge on any atom is 0.407 e. The number of aromatic nitrogens is 2. The number of carboxylic acids is 2. The molecule has 0 aliphatic rings. The predicted molar refractivity (Wildman–Crippen MR) is 185 cm³/mol. The van der Waals surface area contributed by atoms with Crippen LogP contribution in [0.3, 0.4) is 0 Å². The van der Waals surface area contributed by atoms with Crippen LogP contribution in [-0.4, -0.2) is 99.8 Å². The van der Waals surface area contributed by atoms with E-state index in [1.54, 1.807) is 51.1 Å². The van der Waals surface area contributed by atoms with Gasteiger partial charge >= 0.3 is 18.0 Å². The van der Waals surface area contributed by atoms with Crippen molar-refractivity contribution in [3.63, 3.8) is 0 Å². The number of alkyl carbamates (subject to hydrolysis) is 1. The van der Waals surface area contributed by atoms with Crippen molar-refractivity contribution in [3.8, 4) is 0 Å². The zero-order valence-corrected chi connectivity index (χ0v) is 29.3. The fraction of sp³-hybridized carbons (Fsp3) is 0.353. The van der Waals surface area contributed by atoms with Crippen LogP contribution in [0.25, 0.3) is 0 Å². The number of pyridine rings is 2. The molecule has 0 aliphatic heterocycles. The van der Waals surface area contributed by atoms with Crippen LogP contribution in [0.15, 0.2) is 64.2 Å². The van der Waals surface area contributed by atoms with Gasteiger partial charge in [0, 0.05) is 26.7 Å². The van der Waals surface area contributed by atoms with Crippen LogP contribution in [-0.2, 0) is 27.9 Å². The van der Waals surface area contributed by atoms with Gasteiger partial charge in [0.25, 0.3) is 22.9 Å². The summed E-state index contributed by atoms with van der Waals surface area (Å²) < 4.78 is 11.8. The highest BCUT2D eigenvalue weighted by molar-refractivity contribution is 5.98. The first kappa shape index (κ1) is 40.9. The van der Waals surface area contributed by atoms with Crippen molar-refractivity contribution in [2.24, 2.45) is 7.05 Å². The highest BCUT2D eigenvalue weighted by Gasteiger charge is 2.27. The molecule has 2 aromatic heterocycles. The molecule has 4 amide bonds. The molecule has 19 nitrogen and oxygen atoms in total. The average molecular weight is 741 g/mol. The number of carboxylic acid groups (broad SMARTS) is 2. The van der Waals surface area contributed by atoms with Gasteiger partial charge in [-0.25, -0.2) is 14.4 Å². The molecular formula is C34H40N6O13. The van der Waals surface area contributed by atoms with Gasteiger partial charge in [-0.3, -0.25) is 24.0 Å². The zero-order chi connectivity index (χ0) is 39.3. The van der Waals surface area contributed by atoms with Gasteiger partial charge in [-0.1, -0.05) is 30.3 Å². The van der Waals surface area contributed by atoms with Gasteiger partial charge in [-0.15, -0.1) is 4.73 Å². The zero-order valence-electron chi connectivity index (χ0n) is 29.3. The van der Waals surface area contributed by atoms with Gasteiger partial charge in [0.2, 0.25) is 5.91 Å². The van der Waals surface area contributed by atoms with E-state index < -0.39 is 81.9 Å². The Morgan fingerprint density at radius 3 is 1.94 bits per heavy atom. The van der Waals surface area contributed by atoms with Gasteiger partial charge < -0.3 is 50.4 Å². The van der Waals surface area contributed by atoms with Crippen LogP contribution >= 0.6 is 0 Å². The summed E-state index contributed by atoms with van der Waals surface area (Å²) >= 11 is 0. The Morgan fingerprint density at radius 1 is 0.755 bits per heavy atom. The number of hydrogen-bond acceptors (Lipinski definition) is 11. The average Bonchev–Trinajstić information content (AvgIpc) is 3.09. The standard InChI is InChI=1S/C34H40N6O13/c1-34(2,3)53-33(50)36-15-17-51-16-14-35-26(41)23(18-37-27(42)24-12-10-21(31(46)47)29(44)39(24)4)38-28(43)25-13-11-22(32(48)49)30(45)40(25)52-19-20-8-6-5-7-9-20/h5-13,23H,14-19H2,1-4H3,(H,35,41)(H,36,50)(H,37,42)(H,38,43)(H,46,47)(H,48,49). The highest BCUT2D eigenvalue weighted by Crippen LogP contribution is 2.07. The van der Waals surface area contributed by atoms with E-state index in [-0.39, 0.29) is 38.6 Å². The van der Waals surface area contributed by atoms with Gasteiger partial charge in [0.15, 0.2) is 0 Å². The van der Waals surface area contributed by atoms with Crippen LogP contribution in [0, 0.1) is 0 Å². The van der Waals surface area contributed by atoms with E-state index in [2.05, 4.69) is 21.3 Å². The molecule has 19 heteroatoms. The van der Waals surface area contributed by atoms with E-state index in [1.165, 1.54) is 7.05 Å². The first-order valence-corrected chi connectivity index (χ1v) is 16.0. The van der Waals surface area contributed by atoms with E-state index in [4.69, 9.17) is 14.3 Å². The number of aromatic carboxylic acids is 2. The SMILES string of the molecule is Cn1c(C(=O)NCC(NC(=O)c2ccc(C(=O)O)c(=O)n2OCc2ccccc2)C(=O)NCCOCCNC(=O)OC(C)(C)C)ccc(C(=O)O)c1=O. The van der Waals surface area contributed by atoms with Gasteiger partial charge in [0.05, 0.1) is 13.2 Å². The van der Waals surface area contributed by atoms with E-state index in [0.29, 0.717) is 10.3 Å². The minimum absolute atomic E-state index is 0.0314. The summed E-state index contributed by atoms with van der Waals surface area (Å²) in [7, 11) is 1.17. The van der Waals surface area contributed by atoms with Crippen molar-refractivity contribution in [2.75, 3.05) is 32.8 Å². The summed E-state index contributed by atoms with van der Waals surface area (Å²) in [6, 6.07) is 10.9. The Bertz CT molecular complexity index is 1950. The molecule has 0 radical (unpaired) electrons. The van der Waals surface area contributed by atoms with Crippen molar-refractivity contribution >= 4 is 35.8 Å². The van der Waals surface area contributed by atoms with E-state index >= 15 is 0 Å². The molecule has 3 aromatic rings. The number of benzene rings is 1. The lowest BCUT2D eigenvalue weighted by Gasteiger charge is -2.21. The van der Waals surface area contributed by atoms with Crippen LogP contribution in [0.2, 0.25) is 0 Å². The number of rotatable bonds is 17. The minimum atomic E-state index is -1.58. The van der Waals surface area contributed by atoms with Crippen molar-refractivity contribution in [1.29, 1.82) is 0 Å². The monoisotopic (exact) mass is 740 g/mol. The molecule has 0 spiro atoms. The molecule has 0 fully saturated rings. The number of nitrogens with zero attached hydrogens (tertiary/aromatic N) is 2. The lowest BCUT2D eigenvalue weighted by Crippen LogP contribution is -2.54. The second-order valence-corrected chi connectivity index (χ2v) is 12.2. The van der Waals surface area contributed by atoms with Crippen molar-refractivity contribution in [3.05, 3.63) is 103 Å². The van der Waals surface area contributed by atoms with Crippen LogP contribution in [0.1, 0.15) is 68.0 Å². The molecule has 0 saturated heterocycles. The first-order chi connectivity index (χ1) is 25.0. The minimum Gasteiger partial charge on any atom is -0.477 e. The quantitative estimate of drug-likeness (QED) is 0.0978. The summed E-state index contributed by atoms with van der Waals surface area (Å²) in [5.41, 5.74) is -4.25. The third-order valence-corrected chi connectivity index (χ3v) is 7.02. The summed E-state index contributed by atoms with van der Waals surface area (Å²) in [5.74, 6) is -5.87. The topological polar surface area (TPSA) is 263 Å². The molecule has 0 aliphatic carbocycles. The maximum absolute atomic E-state index is 13.6. The molecule has 1 aromatic carbocycles. The normalized spacial score (nSPS) is 11.5. The van der Waals surface area contributed by atoms with Crippen LogP contribution in [0.5, 0.6) is 0 Å². The molecule has 2 heterocycles. The van der Waals surface area contributed by atoms with E-state index in [1.807, 2.05) is 0 Å². The number of ether oxygens (including phenoxy) is 2. The fourth-order valence-corrected chi connectivity index (χ4v) is 4.46. The molecule has 284 valence electrons. The lowest BCUT2D eigenvalue weighted by molar-refractivity contribution is -0.123. The van der Waals surface area contributed by atoms with Crippen molar-refractivity contribution in [2.45, 2.75) is 39.0 Å². The fourth-order valence-electron chi connectivity index (χ4n) is 4.46. The largest absolute Gasteiger partial charge is 0.477 e. The second kappa shape index (κ2) is 18.7. The molecular weight excluding hydrogens is 700 g/mol. The molecule has 53 heavy (non-hydrogen) atoms. The maximum atomic E-state index is 13.6. The van der Waals surface area contributed by atoms with Gasteiger partial charge in [-0.2, -0.15) is 0 Å². The van der Waals surface area contributed by atoms with E-state index in [9.17, 15) is 48.6 Å². The van der Waals surface area contributed by atoms with Crippen LogP contribution < -0.4 is 37.2 Å². The lowest BCUT2D eigenvalue weighted by atomic mass is 10.2. The summed E-state index contributed by atoms with van der Waals surface area (Å²) in [4.78, 5) is 106. The van der Waals surface area contributed by atoms with Gasteiger partial charge in [0.1, 0.15) is 40.8 Å². The Morgan fingerprint density at radius 2 is 1.34 bits per heavy atom. The predicted octanol–water partition coefficient (Wildman–Crippen LogP) is -0.242. The molecule has 0 bridgehead atoms. The molecule has 6 N–H and O–H groups in total. The molecule has 1 unspecified atom stereocenters. The summed E-state index contributed by atoms with van der Waals surface area (Å²) in [5, 5.41) is 28.5. The second-order valence-electron chi connectivity index (χ2n) is 12.2. The van der Waals surface area contributed by atoms with Crippen molar-refractivity contribution < 1.29 is 53.3 Å². The third kappa shape index (κ3) is 12.1. The van der Waals surface area contributed by atoms with Crippen molar-refractivity contribution in [1.82, 2.24) is 30.6 Å². The molecule has 0 saturated carbocycles.